The Labute approximate surface area is 163 Å². The van der Waals surface area contributed by atoms with Crippen LogP contribution < -0.4 is 10.0 Å². The Morgan fingerprint density at radius 3 is 2.43 bits per heavy atom. The molecule has 28 heavy (non-hydrogen) atoms. The molecule has 0 aliphatic heterocycles. The molecule has 0 unspecified atom stereocenters. The highest BCUT2D eigenvalue weighted by atomic mass is 32.2. The van der Waals surface area contributed by atoms with Gasteiger partial charge in [0.15, 0.2) is 0 Å². The minimum atomic E-state index is -3.54. The number of hydrogen-bond acceptors (Lipinski definition) is 4. The highest BCUT2D eigenvalue weighted by molar-refractivity contribution is 7.89. The number of sulfonamides is 1. The molecule has 1 aromatic heterocycles. The molecule has 1 amide bonds. The first kappa shape index (κ1) is 19.3. The van der Waals surface area contributed by atoms with Crippen LogP contribution in [0.2, 0.25) is 0 Å². The number of carbonyl (C=O) groups is 1. The smallest absolute Gasteiger partial charge is 0.255 e. The average Bonchev–Trinajstić information content (AvgIpc) is 2.73. The van der Waals surface area contributed by atoms with Crippen molar-refractivity contribution in [3.05, 3.63) is 89.7 Å². The van der Waals surface area contributed by atoms with Crippen molar-refractivity contribution >= 4 is 21.6 Å². The minimum Gasteiger partial charge on any atom is -0.322 e. The van der Waals surface area contributed by atoms with Gasteiger partial charge >= 0.3 is 0 Å². The first-order chi connectivity index (χ1) is 13.5. The molecule has 7 heteroatoms. The van der Waals surface area contributed by atoms with Crippen molar-refractivity contribution in [2.45, 2.75) is 4.90 Å². The van der Waals surface area contributed by atoms with Crippen molar-refractivity contribution in [3.63, 3.8) is 0 Å². The second-order valence-corrected chi connectivity index (χ2v) is 7.62. The van der Waals surface area contributed by atoms with Crippen LogP contribution in [0.25, 0.3) is 0 Å². The fourth-order valence-electron chi connectivity index (χ4n) is 2.35. The van der Waals surface area contributed by atoms with E-state index in [0.29, 0.717) is 16.9 Å². The predicted molar refractivity (Wildman–Crippen MR) is 107 cm³/mol. The van der Waals surface area contributed by atoms with Crippen LogP contribution in [0.5, 0.6) is 0 Å². The summed E-state index contributed by atoms with van der Waals surface area (Å²) >= 11 is 0. The molecule has 2 N–H and O–H groups in total. The van der Waals surface area contributed by atoms with Crippen molar-refractivity contribution in [1.29, 1.82) is 0 Å². The van der Waals surface area contributed by atoms with Gasteiger partial charge in [-0.1, -0.05) is 18.1 Å². The molecule has 0 bridgehead atoms. The lowest BCUT2D eigenvalue weighted by molar-refractivity contribution is 0.102. The standard InChI is InChI=1S/C21H17N3O3S/c1-22-28(26,27)20-12-9-17(10-13-20)21(25)24-19-7-4-5-16(15-19)8-11-18-6-2-3-14-23-18/h2-7,9-10,12-15,22H,1H3,(H,24,25). The summed E-state index contributed by atoms with van der Waals surface area (Å²) in [6.07, 6.45) is 1.67. The van der Waals surface area contributed by atoms with Crippen LogP contribution in [0.4, 0.5) is 5.69 Å². The zero-order valence-corrected chi connectivity index (χ0v) is 15.8. The molecule has 0 aliphatic rings. The Balaban J connectivity index is 1.74. The summed E-state index contributed by atoms with van der Waals surface area (Å²) in [6.45, 7) is 0. The second kappa shape index (κ2) is 8.48. The molecule has 2 aromatic carbocycles. The van der Waals surface area contributed by atoms with Crippen molar-refractivity contribution in [3.8, 4) is 11.8 Å². The molecule has 0 fully saturated rings. The van der Waals surface area contributed by atoms with E-state index in [9.17, 15) is 13.2 Å². The fourth-order valence-corrected chi connectivity index (χ4v) is 3.08. The molecule has 3 rings (SSSR count). The van der Waals surface area contributed by atoms with Gasteiger partial charge in [-0.15, -0.1) is 0 Å². The van der Waals surface area contributed by atoms with Gasteiger partial charge < -0.3 is 5.32 Å². The van der Waals surface area contributed by atoms with E-state index in [-0.39, 0.29) is 10.8 Å². The van der Waals surface area contributed by atoms with E-state index in [4.69, 9.17) is 0 Å². The number of hydrogen-bond donors (Lipinski definition) is 2. The zero-order chi connectivity index (χ0) is 20.0. The Bertz CT molecular complexity index is 1150. The number of benzene rings is 2. The summed E-state index contributed by atoms with van der Waals surface area (Å²) in [7, 11) is -2.20. The number of carbonyl (C=O) groups excluding carboxylic acids is 1. The highest BCUT2D eigenvalue weighted by Gasteiger charge is 2.12. The summed E-state index contributed by atoms with van der Waals surface area (Å²) in [6, 6.07) is 18.3. The van der Waals surface area contributed by atoms with Gasteiger partial charge in [0.1, 0.15) is 5.69 Å². The van der Waals surface area contributed by atoms with E-state index in [1.165, 1.54) is 31.3 Å². The van der Waals surface area contributed by atoms with Gasteiger partial charge in [-0.3, -0.25) is 4.79 Å². The number of amides is 1. The molecule has 3 aromatic rings. The monoisotopic (exact) mass is 391 g/mol. The van der Waals surface area contributed by atoms with Crippen LogP contribution in [0.3, 0.4) is 0 Å². The van der Waals surface area contributed by atoms with Crippen LogP contribution in [0.1, 0.15) is 21.6 Å². The third-order valence-corrected chi connectivity index (χ3v) is 5.25. The minimum absolute atomic E-state index is 0.0957. The summed E-state index contributed by atoms with van der Waals surface area (Å²) in [5, 5.41) is 2.78. The van der Waals surface area contributed by atoms with Crippen molar-refractivity contribution < 1.29 is 13.2 Å². The molecule has 6 nitrogen and oxygen atoms in total. The lowest BCUT2D eigenvalue weighted by atomic mass is 10.1. The molecule has 0 radical (unpaired) electrons. The first-order valence-electron chi connectivity index (χ1n) is 8.36. The molecule has 0 atom stereocenters. The Morgan fingerprint density at radius 2 is 1.75 bits per heavy atom. The van der Waals surface area contributed by atoms with Gasteiger partial charge in [0, 0.05) is 23.0 Å². The van der Waals surface area contributed by atoms with Crippen LogP contribution in [-0.2, 0) is 10.0 Å². The Morgan fingerprint density at radius 1 is 0.964 bits per heavy atom. The average molecular weight is 391 g/mol. The van der Waals surface area contributed by atoms with Gasteiger partial charge in [-0.05, 0) is 67.6 Å². The van der Waals surface area contributed by atoms with Gasteiger partial charge in [0.2, 0.25) is 10.0 Å². The number of rotatable bonds is 4. The predicted octanol–water partition coefficient (Wildman–Crippen LogP) is 2.64. The maximum Gasteiger partial charge on any atom is 0.255 e. The highest BCUT2D eigenvalue weighted by Crippen LogP contribution is 2.14. The van der Waals surface area contributed by atoms with E-state index in [0.717, 1.165) is 5.56 Å². The number of nitrogens with zero attached hydrogens (tertiary/aromatic N) is 1. The molecule has 0 aliphatic carbocycles. The number of aromatic nitrogens is 1. The van der Waals surface area contributed by atoms with Gasteiger partial charge in [0.05, 0.1) is 4.90 Å². The number of pyridine rings is 1. The molecular formula is C21H17N3O3S. The third kappa shape index (κ3) is 4.82. The molecule has 0 spiro atoms. The molecule has 0 saturated carbocycles. The summed E-state index contributed by atoms with van der Waals surface area (Å²) in [5.74, 6) is 5.63. The number of nitrogens with one attached hydrogen (secondary N) is 2. The van der Waals surface area contributed by atoms with E-state index >= 15 is 0 Å². The quantitative estimate of drug-likeness (QED) is 0.669. The van der Waals surface area contributed by atoms with E-state index in [1.54, 1.807) is 24.4 Å². The lowest BCUT2D eigenvalue weighted by Crippen LogP contribution is -2.19. The lowest BCUT2D eigenvalue weighted by Gasteiger charge is -2.07. The molecule has 0 saturated heterocycles. The maximum atomic E-state index is 12.4. The normalized spacial score (nSPS) is 10.6. The summed E-state index contributed by atoms with van der Waals surface area (Å²) in [5.41, 5.74) is 2.33. The Hall–Kier alpha value is -3.47. The van der Waals surface area contributed by atoms with E-state index in [1.807, 2.05) is 24.3 Å². The SMILES string of the molecule is CNS(=O)(=O)c1ccc(C(=O)Nc2cccc(C#Cc3ccccn3)c2)cc1. The largest absolute Gasteiger partial charge is 0.322 e. The topological polar surface area (TPSA) is 88.2 Å². The van der Waals surface area contributed by atoms with Crippen molar-refractivity contribution in [2.75, 3.05) is 12.4 Å². The van der Waals surface area contributed by atoms with Crippen molar-refractivity contribution in [2.24, 2.45) is 0 Å². The summed E-state index contributed by atoms with van der Waals surface area (Å²) < 4.78 is 25.7. The third-order valence-electron chi connectivity index (χ3n) is 3.82. The molecule has 1 heterocycles. The summed E-state index contributed by atoms with van der Waals surface area (Å²) in [4.78, 5) is 16.7. The van der Waals surface area contributed by atoms with Gasteiger partial charge in [-0.25, -0.2) is 18.1 Å². The molecular weight excluding hydrogens is 374 g/mol. The van der Waals surface area contributed by atoms with Crippen molar-refractivity contribution in [1.82, 2.24) is 9.71 Å². The maximum absolute atomic E-state index is 12.4. The van der Waals surface area contributed by atoms with Crippen LogP contribution in [0.15, 0.2) is 77.8 Å². The first-order valence-corrected chi connectivity index (χ1v) is 9.84. The Kier molecular flexibility index (Phi) is 5.84. The van der Waals surface area contributed by atoms with Crippen LogP contribution >= 0.6 is 0 Å². The van der Waals surface area contributed by atoms with Crippen LogP contribution in [-0.4, -0.2) is 26.4 Å². The fraction of sp³-hybridized carbons (Fsp3) is 0.0476. The van der Waals surface area contributed by atoms with Gasteiger partial charge in [0.25, 0.3) is 5.91 Å². The van der Waals surface area contributed by atoms with Gasteiger partial charge in [-0.2, -0.15) is 0 Å². The molecule has 140 valence electrons. The van der Waals surface area contributed by atoms with Crippen LogP contribution in [0, 0.1) is 11.8 Å². The second-order valence-electron chi connectivity index (χ2n) is 5.73. The van der Waals surface area contributed by atoms with E-state index < -0.39 is 10.0 Å². The number of anilines is 1. The van der Waals surface area contributed by atoms with E-state index in [2.05, 4.69) is 26.9 Å². The zero-order valence-electron chi connectivity index (χ0n) is 15.0.